The Kier molecular flexibility index (Phi) is 5.82. The summed E-state index contributed by atoms with van der Waals surface area (Å²) in [5, 5.41) is 15.0. The van der Waals surface area contributed by atoms with Gasteiger partial charge in [0.2, 0.25) is 11.0 Å². The van der Waals surface area contributed by atoms with Gasteiger partial charge in [-0.2, -0.15) is 0 Å². The fourth-order valence-electron chi connectivity index (χ4n) is 2.27. The van der Waals surface area contributed by atoms with Crippen LogP contribution in [0.2, 0.25) is 0 Å². The van der Waals surface area contributed by atoms with Crippen molar-refractivity contribution in [3.63, 3.8) is 0 Å². The maximum Gasteiger partial charge on any atom is 0.230 e. The van der Waals surface area contributed by atoms with Crippen LogP contribution in [0, 0.1) is 11.7 Å². The van der Waals surface area contributed by atoms with Crippen LogP contribution in [0.4, 0.5) is 9.52 Å². The van der Waals surface area contributed by atoms with E-state index in [1.807, 2.05) is 0 Å². The van der Waals surface area contributed by atoms with Gasteiger partial charge in [0.05, 0.1) is 5.92 Å². The van der Waals surface area contributed by atoms with Gasteiger partial charge in [-0.1, -0.05) is 29.5 Å². The third-order valence-corrected chi connectivity index (χ3v) is 4.27. The number of carbonyl (C=O) groups excluding carboxylic acids is 1. The molecular formula is C14H16ClFN4OS. The number of hydrogen-bond acceptors (Lipinski definition) is 5. The highest BCUT2D eigenvalue weighted by Crippen LogP contribution is 2.21. The van der Waals surface area contributed by atoms with Crippen LogP contribution in [0.1, 0.15) is 17.0 Å². The first-order chi connectivity index (χ1) is 10.2. The predicted molar refractivity (Wildman–Crippen MR) is 86.0 cm³/mol. The van der Waals surface area contributed by atoms with E-state index in [4.69, 9.17) is 0 Å². The highest BCUT2D eigenvalue weighted by molar-refractivity contribution is 7.15. The second-order valence-electron chi connectivity index (χ2n) is 4.95. The lowest BCUT2D eigenvalue weighted by Gasteiger charge is -2.06. The van der Waals surface area contributed by atoms with E-state index in [2.05, 4.69) is 20.8 Å². The summed E-state index contributed by atoms with van der Waals surface area (Å²) in [4.78, 5) is 12.0. The summed E-state index contributed by atoms with van der Waals surface area (Å²) in [6.07, 6.45) is 1.22. The van der Waals surface area contributed by atoms with E-state index >= 15 is 0 Å². The van der Waals surface area contributed by atoms with Crippen LogP contribution < -0.4 is 10.6 Å². The first kappa shape index (κ1) is 16.8. The number of carbonyl (C=O) groups is 1. The Hall–Kier alpha value is -1.57. The molecule has 0 saturated carbocycles. The Morgan fingerprint density at radius 3 is 2.95 bits per heavy atom. The molecule has 1 fully saturated rings. The zero-order chi connectivity index (χ0) is 14.7. The molecule has 22 heavy (non-hydrogen) atoms. The van der Waals surface area contributed by atoms with Crippen LogP contribution in [0.5, 0.6) is 0 Å². The van der Waals surface area contributed by atoms with Crippen molar-refractivity contribution in [2.24, 2.45) is 5.92 Å². The molecule has 1 saturated heterocycles. The fourth-order valence-corrected chi connectivity index (χ4v) is 3.03. The Labute approximate surface area is 137 Å². The molecular weight excluding hydrogens is 327 g/mol. The third kappa shape index (κ3) is 4.00. The summed E-state index contributed by atoms with van der Waals surface area (Å²) in [7, 11) is 0. The van der Waals surface area contributed by atoms with Gasteiger partial charge in [0.15, 0.2) is 0 Å². The quantitative estimate of drug-likeness (QED) is 0.894. The molecule has 0 bridgehead atoms. The average Bonchev–Trinajstić information content (AvgIpc) is 3.13. The molecule has 0 radical (unpaired) electrons. The Morgan fingerprint density at radius 2 is 2.23 bits per heavy atom. The van der Waals surface area contributed by atoms with Crippen molar-refractivity contribution in [3.05, 3.63) is 40.7 Å². The fraction of sp³-hybridized carbons (Fsp3) is 0.357. The van der Waals surface area contributed by atoms with Crippen molar-refractivity contribution in [2.45, 2.75) is 12.8 Å². The summed E-state index contributed by atoms with van der Waals surface area (Å²) in [6, 6.07) is 6.58. The summed E-state index contributed by atoms with van der Waals surface area (Å²) >= 11 is 1.28. The first-order valence-electron chi connectivity index (χ1n) is 6.80. The average molecular weight is 343 g/mol. The molecule has 1 atom stereocenters. The molecule has 0 aliphatic carbocycles. The van der Waals surface area contributed by atoms with Crippen LogP contribution >= 0.6 is 23.7 Å². The van der Waals surface area contributed by atoms with Crippen LogP contribution in [0.15, 0.2) is 24.3 Å². The number of benzene rings is 1. The molecule has 1 unspecified atom stereocenters. The van der Waals surface area contributed by atoms with Crippen molar-refractivity contribution in [3.8, 4) is 0 Å². The topological polar surface area (TPSA) is 66.9 Å². The van der Waals surface area contributed by atoms with Gasteiger partial charge in [-0.05, 0) is 24.6 Å². The Morgan fingerprint density at radius 1 is 1.41 bits per heavy atom. The van der Waals surface area contributed by atoms with Crippen molar-refractivity contribution in [2.75, 3.05) is 18.4 Å². The van der Waals surface area contributed by atoms with E-state index in [0.29, 0.717) is 28.7 Å². The van der Waals surface area contributed by atoms with Crippen LogP contribution in [-0.4, -0.2) is 29.2 Å². The molecule has 3 rings (SSSR count). The van der Waals surface area contributed by atoms with E-state index < -0.39 is 0 Å². The van der Waals surface area contributed by atoms with Gasteiger partial charge in [-0.15, -0.1) is 22.6 Å². The van der Waals surface area contributed by atoms with Crippen molar-refractivity contribution in [1.82, 2.24) is 15.5 Å². The second-order valence-corrected chi connectivity index (χ2v) is 6.01. The highest BCUT2D eigenvalue weighted by Gasteiger charge is 2.23. The summed E-state index contributed by atoms with van der Waals surface area (Å²) < 4.78 is 13.6. The molecule has 5 nitrogen and oxygen atoms in total. The minimum Gasteiger partial charge on any atom is -0.316 e. The van der Waals surface area contributed by atoms with E-state index in [-0.39, 0.29) is 30.0 Å². The van der Waals surface area contributed by atoms with Crippen LogP contribution in [-0.2, 0) is 11.2 Å². The lowest BCUT2D eigenvalue weighted by molar-refractivity contribution is -0.119. The van der Waals surface area contributed by atoms with E-state index in [1.165, 1.54) is 17.4 Å². The summed E-state index contributed by atoms with van der Waals surface area (Å²) in [5.41, 5.74) is 0.575. The van der Waals surface area contributed by atoms with Crippen molar-refractivity contribution >= 4 is 34.8 Å². The second kappa shape index (κ2) is 7.62. The molecule has 2 heterocycles. The standard InChI is InChI=1S/C14H15FN4OS.ClH/c15-11-4-2-1-3-9(11)7-12-18-19-14(21-12)17-13(20)10-5-6-16-8-10;/h1-4,10,16H,5-8H2,(H,17,19,20);1H. The summed E-state index contributed by atoms with van der Waals surface area (Å²) in [6.45, 7) is 1.57. The van der Waals surface area contributed by atoms with Crippen LogP contribution in [0.3, 0.4) is 0 Å². The van der Waals surface area contributed by atoms with Gasteiger partial charge < -0.3 is 10.6 Å². The highest BCUT2D eigenvalue weighted by atomic mass is 35.5. The molecule has 8 heteroatoms. The van der Waals surface area contributed by atoms with E-state index in [9.17, 15) is 9.18 Å². The zero-order valence-corrected chi connectivity index (χ0v) is 13.3. The molecule has 1 aromatic heterocycles. The predicted octanol–water partition coefficient (Wildman–Crippen LogP) is 2.24. The molecule has 118 valence electrons. The number of nitrogens with zero attached hydrogens (tertiary/aromatic N) is 2. The molecule has 0 spiro atoms. The molecule has 2 aromatic rings. The van der Waals surface area contributed by atoms with Gasteiger partial charge in [0.1, 0.15) is 10.8 Å². The van der Waals surface area contributed by atoms with Gasteiger partial charge in [0, 0.05) is 13.0 Å². The molecule has 1 aromatic carbocycles. The Bertz CT molecular complexity index is 645. The number of anilines is 1. The first-order valence-corrected chi connectivity index (χ1v) is 7.61. The van der Waals surface area contributed by atoms with Gasteiger partial charge in [-0.3, -0.25) is 4.79 Å². The number of halogens is 2. The number of hydrogen-bond donors (Lipinski definition) is 2. The number of rotatable bonds is 4. The normalized spacial score (nSPS) is 17.0. The van der Waals surface area contributed by atoms with Gasteiger partial charge in [-0.25, -0.2) is 4.39 Å². The maximum absolute atomic E-state index is 13.6. The molecule has 1 aliphatic rings. The van der Waals surface area contributed by atoms with Crippen LogP contribution in [0.25, 0.3) is 0 Å². The molecule has 1 aliphatic heterocycles. The minimum absolute atomic E-state index is 0. The number of nitrogens with one attached hydrogen (secondary N) is 2. The van der Waals surface area contributed by atoms with E-state index in [0.717, 1.165) is 13.0 Å². The van der Waals surface area contributed by atoms with Crippen molar-refractivity contribution in [1.29, 1.82) is 0 Å². The van der Waals surface area contributed by atoms with Crippen molar-refractivity contribution < 1.29 is 9.18 Å². The number of aromatic nitrogens is 2. The van der Waals surface area contributed by atoms with Gasteiger partial charge in [0.25, 0.3) is 0 Å². The summed E-state index contributed by atoms with van der Waals surface area (Å²) in [5.74, 6) is -0.298. The van der Waals surface area contributed by atoms with E-state index in [1.54, 1.807) is 18.2 Å². The number of amides is 1. The Balaban J connectivity index is 0.00000176. The smallest absolute Gasteiger partial charge is 0.230 e. The lowest BCUT2D eigenvalue weighted by atomic mass is 10.1. The lowest BCUT2D eigenvalue weighted by Crippen LogP contribution is -2.24. The minimum atomic E-state index is -0.254. The molecule has 1 amide bonds. The monoisotopic (exact) mass is 342 g/mol. The largest absolute Gasteiger partial charge is 0.316 e. The zero-order valence-electron chi connectivity index (χ0n) is 11.7. The molecule has 2 N–H and O–H groups in total. The SMILES string of the molecule is Cl.O=C(Nc1nnc(Cc2ccccc2F)s1)C1CCNC1. The maximum atomic E-state index is 13.6. The van der Waals surface area contributed by atoms with Gasteiger partial charge >= 0.3 is 0 Å². The third-order valence-electron chi connectivity index (χ3n) is 3.43.